The minimum Gasteiger partial charge on any atom is -0.383 e. The molecule has 0 bridgehead atoms. The van der Waals surface area contributed by atoms with E-state index in [1.807, 2.05) is 64.2 Å². The van der Waals surface area contributed by atoms with Gasteiger partial charge >= 0.3 is 0 Å². The van der Waals surface area contributed by atoms with Crippen LogP contribution in [0, 0.1) is 0 Å². The predicted octanol–water partition coefficient (Wildman–Crippen LogP) is 21.6. The zero-order valence-electron chi connectivity index (χ0n) is 51.3. The van der Waals surface area contributed by atoms with Crippen molar-refractivity contribution in [3.8, 4) is 10.4 Å². The van der Waals surface area contributed by atoms with Gasteiger partial charge in [0.1, 0.15) is 5.82 Å². The van der Waals surface area contributed by atoms with Gasteiger partial charge in [-0.3, -0.25) is 14.6 Å². The number of thiophene rings is 1. The van der Waals surface area contributed by atoms with Gasteiger partial charge in [0.15, 0.2) is 5.01 Å². The summed E-state index contributed by atoms with van der Waals surface area (Å²) in [6.07, 6.45) is 17.9. The number of nitrogens with two attached hydrogens (primary N) is 1. The molecule has 5 heterocycles. The molecule has 7 nitrogen and oxygen atoms in total. The minimum absolute atomic E-state index is 0.0915. The number of halogens is 4. The number of aromatic nitrogens is 6. The Bertz CT molecular complexity index is 2190. The van der Waals surface area contributed by atoms with Crippen molar-refractivity contribution in [2.75, 3.05) is 5.73 Å². The van der Waals surface area contributed by atoms with Crippen LogP contribution in [0.5, 0.6) is 0 Å². The second-order valence-corrected chi connectivity index (χ2v) is 21.7. The maximum absolute atomic E-state index is 13.0. The number of thiazole rings is 1. The number of nitrogens with zero attached hydrogens (tertiary/aromatic N) is 6. The minimum atomic E-state index is -2.93. The van der Waals surface area contributed by atoms with E-state index in [1.54, 1.807) is 11.3 Å². The molecule has 1 aromatic carbocycles. The second-order valence-electron chi connectivity index (χ2n) is 19.7. The van der Waals surface area contributed by atoms with Gasteiger partial charge in [0.05, 0.1) is 23.1 Å². The van der Waals surface area contributed by atoms with Crippen molar-refractivity contribution < 1.29 is 17.6 Å². The van der Waals surface area contributed by atoms with Crippen molar-refractivity contribution in [3.63, 3.8) is 0 Å². The lowest BCUT2D eigenvalue weighted by atomic mass is 10.0. The molecule has 13 heteroatoms. The van der Waals surface area contributed by atoms with Crippen LogP contribution in [-0.2, 0) is 25.3 Å². The zero-order chi connectivity index (χ0) is 58.9. The molecule has 0 saturated carbocycles. The second kappa shape index (κ2) is 44.6. The van der Waals surface area contributed by atoms with Crippen molar-refractivity contribution in [1.29, 1.82) is 0 Å². The fraction of sp³-hybridized carbons (Fsp3) is 0.597. The zero-order valence-corrected chi connectivity index (χ0v) is 52.9. The van der Waals surface area contributed by atoms with Crippen LogP contribution in [0.4, 0.5) is 23.4 Å². The molecule has 428 valence electrons. The van der Waals surface area contributed by atoms with E-state index in [0.717, 1.165) is 53.4 Å². The highest BCUT2D eigenvalue weighted by Gasteiger charge is 2.29. The molecule has 0 radical (unpaired) electrons. The highest BCUT2D eigenvalue weighted by atomic mass is 32.1. The topological polar surface area (TPSA) is 95.4 Å². The lowest BCUT2D eigenvalue weighted by molar-refractivity contribution is 0.0168. The van der Waals surface area contributed by atoms with Gasteiger partial charge in [0.2, 0.25) is 0 Å². The average Bonchev–Trinajstić information content (AvgIpc) is 4.15. The van der Waals surface area contributed by atoms with Crippen LogP contribution < -0.4 is 5.73 Å². The summed E-state index contributed by atoms with van der Waals surface area (Å²) < 4.78 is 53.3. The molecular formula is C62H105F4N7S2. The first kappa shape index (κ1) is 77.0. The lowest BCUT2D eigenvalue weighted by Crippen LogP contribution is -2.12. The monoisotopic (exact) mass is 1090 g/mol. The van der Waals surface area contributed by atoms with Gasteiger partial charge in [0, 0.05) is 61.6 Å². The summed E-state index contributed by atoms with van der Waals surface area (Å²) in [4.78, 5) is 18.2. The number of alkyl halides is 4. The van der Waals surface area contributed by atoms with E-state index >= 15 is 0 Å². The third kappa shape index (κ3) is 37.8. The van der Waals surface area contributed by atoms with Gasteiger partial charge in [-0.25, -0.2) is 18.7 Å². The Labute approximate surface area is 464 Å². The van der Waals surface area contributed by atoms with E-state index in [-0.39, 0.29) is 28.2 Å². The van der Waals surface area contributed by atoms with Crippen LogP contribution in [-0.4, -0.2) is 29.7 Å². The van der Waals surface area contributed by atoms with E-state index < -0.39 is 11.8 Å². The maximum atomic E-state index is 13.0. The largest absolute Gasteiger partial charge is 0.383 e. The van der Waals surface area contributed by atoms with E-state index in [9.17, 15) is 17.6 Å². The Hall–Kier alpha value is -4.49. The summed E-state index contributed by atoms with van der Waals surface area (Å²) in [5.41, 5.74) is 12.2. The molecular weight excluding hydrogens is 983 g/mol. The first-order chi connectivity index (χ1) is 35.0. The van der Waals surface area contributed by atoms with Gasteiger partial charge in [-0.05, 0) is 75.8 Å². The number of rotatable bonds is 9. The number of aryl methyl sites for hydroxylation is 2. The number of hydrogen-bond acceptors (Lipinski definition) is 8. The summed E-state index contributed by atoms with van der Waals surface area (Å²) in [5.74, 6) is -3.69. The number of nitrogen functional groups attached to an aromatic ring is 1. The molecule has 0 fully saturated rings. The first-order valence-electron chi connectivity index (χ1n) is 27.4. The predicted molar refractivity (Wildman–Crippen MR) is 325 cm³/mol. The summed E-state index contributed by atoms with van der Waals surface area (Å²) in [6.45, 7) is 45.8. The average molecular weight is 1090 g/mol. The van der Waals surface area contributed by atoms with Crippen LogP contribution >= 0.6 is 22.7 Å². The lowest BCUT2D eigenvalue weighted by Gasteiger charge is -2.15. The summed E-state index contributed by atoms with van der Waals surface area (Å²) in [5, 5.41) is 6.09. The molecule has 0 aliphatic carbocycles. The van der Waals surface area contributed by atoms with E-state index in [1.165, 1.54) is 72.1 Å². The van der Waals surface area contributed by atoms with E-state index in [0.29, 0.717) is 17.8 Å². The number of benzene rings is 1. The molecule has 2 N–H and O–H groups in total. The molecule has 0 atom stereocenters. The molecule has 0 amide bonds. The number of anilines is 1. The molecule has 0 aliphatic rings. The third-order valence-corrected chi connectivity index (χ3v) is 11.3. The molecule has 0 saturated heterocycles. The maximum Gasteiger partial charge on any atom is 0.296 e. The molecule has 6 rings (SSSR count). The Morgan fingerprint density at radius 2 is 1.09 bits per heavy atom. The normalized spacial score (nSPS) is 10.3. The summed E-state index contributed by atoms with van der Waals surface area (Å²) in [7, 11) is 1.94. The number of hydrogen-bond donors (Lipinski definition) is 1. The third-order valence-electron chi connectivity index (χ3n) is 8.95. The van der Waals surface area contributed by atoms with Crippen LogP contribution in [0.3, 0.4) is 0 Å². The van der Waals surface area contributed by atoms with Crippen molar-refractivity contribution in [2.24, 2.45) is 7.05 Å². The quantitative estimate of drug-likeness (QED) is 0.145. The van der Waals surface area contributed by atoms with Crippen LogP contribution in [0.25, 0.3) is 10.4 Å². The van der Waals surface area contributed by atoms with Crippen molar-refractivity contribution in [2.45, 2.75) is 239 Å². The van der Waals surface area contributed by atoms with Crippen LogP contribution in [0.2, 0.25) is 0 Å². The number of pyridine rings is 1. The van der Waals surface area contributed by atoms with Crippen LogP contribution in [0.1, 0.15) is 264 Å². The highest BCUT2D eigenvalue weighted by Crippen LogP contribution is 2.34. The fourth-order valence-corrected chi connectivity index (χ4v) is 6.59. The standard InChI is InChI=1S/C13H14S.C10H14F2N2.C9H14N2.C8H11F2NS.C7H12N2.5C3H8/c1-10(2)11-5-3-6-12(9-11)13-7-4-8-14-13;1-6(2)7-4-8(10(3,11)12)9(13)14-5-7;1-4-8-5-10-6-9(11-8)7(2)3;1-5(2)6-4-11-7(12-6)8(3,9)10;1-6(2)7-4-8-9(3)5-7;5*1-3-2/h3-10H,1-2H3;4-6H,1-3H3,(H2,13,14);5-7H,4H2,1-3H3;4-5H,1-3H3;4-6H,1-3H3;5*3H2,1-2H3. The smallest absolute Gasteiger partial charge is 0.296 e. The Morgan fingerprint density at radius 3 is 1.44 bits per heavy atom. The highest BCUT2D eigenvalue weighted by molar-refractivity contribution is 7.13. The molecule has 5 aromatic heterocycles. The summed E-state index contributed by atoms with van der Waals surface area (Å²) >= 11 is 2.88. The fourth-order valence-electron chi connectivity index (χ4n) is 5.02. The Kier molecular flexibility index (Phi) is 45.8. The Balaban J connectivity index is -0.000000395. The van der Waals surface area contributed by atoms with Crippen LogP contribution in [0.15, 0.2) is 85.0 Å². The van der Waals surface area contributed by atoms with Gasteiger partial charge in [0.25, 0.3) is 11.8 Å². The first-order valence-corrected chi connectivity index (χ1v) is 29.1. The SMILES string of the molecule is CC(C)c1cccc(-c2cccs2)c1.CC(C)c1cnc(C(C)(F)F)s1.CC(C)c1cnc(N)c(C(C)(F)F)c1.CC(C)c1cnn(C)c1.CCC.CCC.CCC.CCC.CCC.CCc1cncc(C(C)C)n1. The van der Waals surface area contributed by atoms with Gasteiger partial charge in [-0.15, -0.1) is 22.7 Å². The van der Waals surface area contributed by atoms with Crippen molar-refractivity contribution in [3.05, 3.63) is 129 Å². The molecule has 0 spiro atoms. The van der Waals surface area contributed by atoms with E-state index in [2.05, 4.69) is 185 Å². The Morgan fingerprint density at radius 1 is 0.573 bits per heavy atom. The molecule has 0 unspecified atom stereocenters. The van der Waals surface area contributed by atoms with Crippen molar-refractivity contribution >= 4 is 28.5 Å². The van der Waals surface area contributed by atoms with Gasteiger partial charge in [-0.1, -0.05) is 208 Å². The van der Waals surface area contributed by atoms with E-state index in [4.69, 9.17) is 5.73 Å². The molecule has 75 heavy (non-hydrogen) atoms. The summed E-state index contributed by atoms with van der Waals surface area (Å²) in [6, 6.07) is 14.5. The van der Waals surface area contributed by atoms with Crippen molar-refractivity contribution in [1.82, 2.24) is 29.7 Å². The molecule has 0 aliphatic heterocycles. The van der Waals surface area contributed by atoms with Gasteiger partial charge in [-0.2, -0.15) is 13.9 Å². The van der Waals surface area contributed by atoms with Gasteiger partial charge < -0.3 is 5.73 Å². The molecule has 6 aromatic rings.